The number of carboxylic acid groups (broad SMARTS) is 1. The van der Waals surface area contributed by atoms with Crippen molar-refractivity contribution in [3.63, 3.8) is 0 Å². The average molecular weight is 287 g/mol. The lowest BCUT2D eigenvalue weighted by Gasteiger charge is -2.09. The third-order valence-corrected chi connectivity index (χ3v) is 3.07. The highest BCUT2D eigenvalue weighted by Gasteiger charge is 2.16. The standard InChI is InChI=1S/C16H17NO4/c1-11-7-9-17-15(14(11)16(18)19)21-13-5-3-12(4-6-13)8-10-20-2/h3-7,9H,8,10H2,1-2H3,(H,18,19). The van der Waals surface area contributed by atoms with Gasteiger partial charge in [-0.15, -0.1) is 0 Å². The van der Waals surface area contributed by atoms with Crippen molar-refractivity contribution in [3.05, 3.63) is 53.2 Å². The van der Waals surface area contributed by atoms with Crippen LogP contribution in [0, 0.1) is 6.92 Å². The Balaban J connectivity index is 2.19. The van der Waals surface area contributed by atoms with Crippen molar-refractivity contribution in [3.8, 4) is 11.6 Å². The zero-order chi connectivity index (χ0) is 15.2. The van der Waals surface area contributed by atoms with E-state index in [0.29, 0.717) is 17.9 Å². The number of aryl methyl sites for hydroxylation is 1. The molecule has 1 heterocycles. The fourth-order valence-electron chi connectivity index (χ4n) is 1.93. The molecule has 1 aromatic carbocycles. The summed E-state index contributed by atoms with van der Waals surface area (Å²) >= 11 is 0. The van der Waals surface area contributed by atoms with E-state index in [9.17, 15) is 9.90 Å². The highest BCUT2D eigenvalue weighted by atomic mass is 16.5. The van der Waals surface area contributed by atoms with Crippen LogP contribution in [0.15, 0.2) is 36.5 Å². The van der Waals surface area contributed by atoms with E-state index in [4.69, 9.17) is 9.47 Å². The van der Waals surface area contributed by atoms with Crippen LogP contribution in [-0.4, -0.2) is 29.8 Å². The molecule has 0 unspecified atom stereocenters. The first kappa shape index (κ1) is 15.0. The molecule has 1 aromatic heterocycles. The van der Waals surface area contributed by atoms with Crippen molar-refractivity contribution in [1.82, 2.24) is 4.98 Å². The summed E-state index contributed by atoms with van der Waals surface area (Å²) in [6.07, 6.45) is 2.35. The number of ether oxygens (including phenoxy) is 2. The van der Waals surface area contributed by atoms with E-state index < -0.39 is 5.97 Å². The first-order chi connectivity index (χ1) is 10.1. The molecule has 0 saturated heterocycles. The van der Waals surface area contributed by atoms with E-state index in [1.165, 1.54) is 6.20 Å². The van der Waals surface area contributed by atoms with Crippen LogP contribution in [0.5, 0.6) is 11.6 Å². The van der Waals surface area contributed by atoms with Crippen molar-refractivity contribution >= 4 is 5.97 Å². The van der Waals surface area contributed by atoms with Gasteiger partial charge < -0.3 is 14.6 Å². The molecule has 2 aromatic rings. The molecule has 0 radical (unpaired) electrons. The maximum Gasteiger partial charge on any atom is 0.341 e. The molecular formula is C16H17NO4. The van der Waals surface area contributed by atoms with Gasteiger partial charge in [-0.05, 0) is 42.7 Å². The van der Waals surface area contributed by atoms with Crippen LogP contribution in [0.3, 0.4) is 0 Å². The molecule has 0 aliphatic heterocycles. The summed E-state index contributed by atoms with van der Waals surface area (Å²) in [7, 11) is 1.66. The second-order valence-electron chi connectivity index (χ2n) is 4.60. The Bertz CT molecular complexity index is 623. The van der Waals surface area contributed by atoms with Crippen LogP contribution in [0.25, 0.3) is 0 Å². The number of hydrogen-bond acceptors (Lipinski definition) is 4. The summed E-state index contributed by atoms with van der Waals surface area (Å²) in [6.45, 7) is 2.37. The van der Waals surface area contributed by atoms with Gasteiger partial charge in [-0.25, -0.2) is 9.78 Å². The molecule has 0 amide bonds. The van der Waals surface area contributed by atoms with Gasteiger partial charge in [-0.1, -0.05) is 12.1 Å². The molecule has 110 valence electrons. The highest BCUT2D eigenvalue weighted by Crippen LogP contribution is 2.25. The Labute approximate surface area is 123 Å². The number of nitrogens with zero attached hydrogens (tertiary/aromatic N) is 1. The Morgan fingerprint density at radius 3 is 2.57 bits per heavy atom. The van der Waals surface area contributed by atoms with Crippen LogP contribution in [-0.2, 0) is 11.2 Å². The highest BCUT2D eigenvalue weighted by molar-refractivity contribution is 5.91. The zero-order valence-corrected chi connectivity index (χ0v) is 12.0. The van der Waals surface area contributed by atoms with Crippen LogP contribution in [0.1, 0.15) is 21.5 Å². The second kappa shape index (κ2) is 6.85. The van der Waals surface area contributed by atoms with E-state index in [1.54, 1.807) is 32.2 Å². The molecule has 0 aliphatic carbocycles. The fraction of sp³-hybridized carbons (Fsp3) is 0.250. The number of carboxylic acids is 1. The van der Waals surface area contributed by atoms with Gasteiger partial charge in [-0.2, -0.15) is 0 Å². The lowest BCUT2D eigenvalue weighted by Crippen LogP contribution is -2.04. The predicted octanol–water partition coefficient (Wildman–Crippen LogP) is 3.07. The van der Waals surface area contributed by atoms with Gasteiger partial charge in [0.05, 0.1) is 6.61 Å². The number of pyridine rings is 1. The molecule has 5 nitrogen and oxygen atoms in total. The molecule has 0 fully saturated rings. The van der Waals surface area contributed by atoms with E-state index in [2.05, 4.69) is 4.98 Å². The van der Waals surface area contributed by atoms with Crippen LogP contribution >= 0.6 is 0 Å². The molecule has 5 heteroatoms. The first-order valence-corrected chi connectivity index (χ1v) is 6.56. The number of benzene rings is 1. The normalized spacial score (nSPS) is 10.4. The molecule has 1 N–H and O–H groups in total. The summed E-state index contributed by atoms with van der Waals surface area (Å²) in [5.74, 6) is -0.392. The number of hydrogen-bond donors (Lipinski definition) is 1. The summed E-state index contributed by atoms with van der Waals surface area (Å²) in [5, 5.41) is 9.23. The molecule has 21 heavy (non-hydrogen) atoms. The largest absolute Gasteiger partial charge is 0.477 e. The molecule has 0 saturated carbocycles. The number of methoxy groups -OCH3 is 1. The summed E-state index contributed by atoms with van der Waals surface area (Å²) in [5.41, 5.74) is 1.82. The Morgan fingerprint density at radius 2 is 1.95 bits per heavy atom. The maximum absolute atomic E-state index is 11.3. The monoisotopic (exact) mass is 287 g/mol. The lowest BCUT2D eigenvalue weighted by molar-refractivity contribution is 0.0692. The number of aromatic carboxylic acids is 1. The van der Waals surface area contributed by atoms with Crippen molar-refractivity contribution < 1.29 is 19.4 Å². The quantitative estimate of drug-likeness (QED) is 0.884. The second-order valence-corrected chi connectivity index (χ2v) is 4.60. The fourth-order valence-corrected chi connectivity index (χ4v) is 1.93. The minimum atomic E-state index is -1.05. The van der Waals surface area contributed by atoms with Gasteiger partial charge in [0.15, 0.2) is 0 Å². The summed E-state index contributed by atoms with van der Waals surface area (Å²) in [6, 6.07) is 9.07. The van der Waals surface area contributed by atoms with Crippen LogP contribution in [0.2, 0.25) is 0 Å². The van der Waals surface area contributed by atoms with Gasteiger partial charge in [0, 0.05) is 13.3 Å². The van der Waals surface area contributed by atoms with E-state index in [0.717, 1.165) is 12.0 Å². The molecule has 0 atom stereocenters. The molecule has 2 rings (SSSR count). The smallest absolute Gasteiger partial charge is 0.341 e. The van der Waals surface area contributed by atoms with E-state index >= 15 is 0 Å². The minimum absolute atomic E-state index is 0.0842. The van der Waals surface area contributed by atoms with Crippen molar-refractivity contribution in [2.75, 3.05) is 13.7 Å². The van der Waals surface area contributed by atoms with Gasteiger partial charge in [0.25, 0.3) is 0 Å². The van der Waals surface area contributed by atoms with Gasteiger partial charge >= 0.3 is 5.97 Å². The molecular weight excluding hydrogens is 270 g/mol. The number of carbonyl (C=O) groups is 1. The maximum atomic E-state index is 11.3. The topological polar surface area (TPSA) is 68.7 Å². The summed E-state index contributed by atoms with van der Waals surface area (Å²) < 4.78 is 10.6. The van der Waals surface area contributed by atoms with Crippen LogP contribution in [0.4, 0.5) is 0 Å². The Morgan fingerprint density at radius 1 is 1.24 bits per heavy atom. The number of aromatic nitrogens is 1. The van der Waals surface area contributed by atoms with Crippen LogP contribution < -0.4 is 4.74 Å². The average Bonchev–Trinajstić information content (AvgIpc) is 2.46. The minimum Gasteiger partial charge on any atom is -0.477 e. The van der Waals surface area contributed by atoms with E-state index in [1.807, 2.05) is 12.1 Å². The number of rotatable bonds is 6. The van der Waals surface area contributed by atoms with Gasteiger partial charge in [0.2, 0.25) is 5.88 Å². The lowest BCUT2D eigenvalue weighted by atomic mass is 10.1. The Kier molecular flexibility index (Phi) is 4.90. The van der Waals surface area contributed by atoms with Crippen molar-refractivity contribution in [2.24, 2.45) is 0 Å². The zero-order valence-electron chi connectivity index (χ0n) is 12.0. The van der Waals surface area contributed by atoms with E-state index in [-0.39, 0.29) is 11.4 Å². The van der Waals surface area contributed by atoms with Gasteiger partial charge in [-0.3, -0.25) is 0 Å². The third kappa shape index (κ3) is 3.79. The molecule has 0 aliphatic rings. The Hall–Kier alpha value is -2.40. The molecule has 0 bridgehead atoms. The van der Waals surface area contributed by atoms with Gasteiger partial charge in [0.1, 0.15) is 11.3 Å². The summed E-state index contributed by atoms with van der Waals surface area (Å²) in [4.78, 5) is 15.3. The SMILES string of the molecule is COCCc1ccc(Oc2nccc(C)c2C(=O)O)cc1. The van der Waals surface area contributed by atoms with Crippen molar-refractivity contribution in [2.45, 2.75) is 13.3 Å². The first-order valence-electron chi connectivity index (χ1n) is 6.56. The molecule has 0 spiro atoms. The third-order valence-electron chi connectivity index (χ3n) is 3.07. The van der Waals surface area contributed by atoms with Crippen molar-refractivity contribution in [1.29, 1.82) is 0 Å². The predicted molar refractivity (Wildman–Crippen MR) is 78.0 cm³/mol.